The predicted octanol–water partition coefficient (Wildman–Crippen LogP) is 3.11. The van der Waals surface area contributed by atoms with E-state index in [0.29, 0.717) is 19.1 Å². The SMILES string of the molecule is CN=C(NCc1cccc(OCCN(C)CCOC)c1)NCC(C)c1ccccc1. The van der Waals surface area contributed by atoms with E-state index in [2.05, 4.69) is 70.9 Å². The van der Waals surface area contributed by atoms with E-state index in [0.717, 1.165) is 43.5 Å². The number of aliphatic imine (C=N–C) groups is 1. The van der Waals surface area contributed by atoms with Gasteiger partial charge in [-0.3, -0.25) is 4.99 Å². The number of nitrogens with zero attached hydrogens (tertiary/aromatic N) is 2. The van der Waals surface area contributed by atoms with Crippen molar-refractivity contribution in [1.29, 1.82) is 0 Å². The van der Waals surface area contributed by atoms with Crippen molar-refractivity contribution in [2.75, 3.05) is 54.1 Å². The summed E-state index contributed by atoms with van der Waals surface area (Å²) in [5.41, 5.74) is 2.47. The second kappa shape index (κ2) is 13.6. The van der Waals surface area contributed by atoms with Crippen LogP contribution in [0.1, 0.15) is 24.0 Å². The molecular weight excluding hydrogens is 376 g/mol. The Morgan fingerprint density at radius 3 is 2.53 bits per heavy atom. The molecule has 0 heterocycles. The molecule has 164 valence electrons. The topological polar surface area (TPSA) is 58.1 Å². The van der Waals surface area contributed by atoms with Crippen LogP contribution in [-0.2, 0) is 11.3 Å². The van der Waals surface area contributed by atoms with Gasteiger partial charge in [0.15, 0.2) is 5.96 Å². The highest BCUT2D eigenvalue weighted by Gasteiger charge is 2.06. The van der Waals surface area contributed by atoms with Gasteiger partial charge in [-0.2, -0.15) is 0 Å². The van der Waals surface area contributed by atoms with Gasteiger partial charge in [0.05, 0.1) is 6.61 Å². The Hall–Kier alpha value is -2.57. The molecule has 6 heteroatoms. The Bertz CT molecular complexity index is 752. The van der Waals surface area contributed by atoms with E-state index in [-0.39, 0.29) is 0 Å². The van der Waals surface area contributed by atoms with E-state index >= 15 is 0 Å². The largest absolute Gasteiger partial charge is 0.492 e. The highest BCUT2D eigenvalue weighted by atomic mass is 16.5. The van der Waals surface area contributed by atoms with Crippen molar-refractivity contribution in [3.8, 4) is 5.75 Å². The van der Waals surface area contributed by atoms with Gasteiger partial charge in [0.25, 0.3) is 0 Å². The highest BCUT2D eigenvalue weighted by Crippen LogP contribution is 2.14. The summed E-state index contributed by atoms with van der Waals surface area (Å²) in [6, 6.07) is 18.7. The quantitative estimate of drug-likeness (QED) is 0.414. The van der Waals surface area contributed by atoms with Gasteiger partial charge in [-0.15, -0.1) is 0 Å². The standard InChI is InChI=1S/C24H36N4O2/c1-20(22-10-6-5-7-11-22)18-26-24(25-2)27-19-21-9-8-12-23(17-21)30-16-14-28(3)13-15-29-4/h5-12,17,20H,13-16,18-19H2,1-4H3,(H2,25,26,27). The summed E-state index contributed by atoms with van der Waals surface area (Å²) in [7, 11) is 5.58. The molecule has 0 radical (unpaired) electrons. The number of likely N-dealkylation sites (N-methyl/N-ethyl adjacent to an activating group) is 1. The molecule has 0 aromatic heterocycles. The lowest BCUT2D eigenvalue weighted by molar-refractivity contribution is 0.150. The maximum Gasteiger partial charge on any atom is 0.191 e. The Balaban J connectivity index is 1.75. The van der Waals surface area contributed by atoms with Crippen molar-refractivity contribution >= 4 is 5.96 Å². The smallest absolute Gasteiger partial charge is 0.191 e. The average Bonchev–Trinajstić information content (AvgIpc) is 2.78. The number of ether oxygens (including phenoxy) is 2. The highest BCUT2D eigenvalue weighted by molar-refractivity contribution is 5.79. The van der Waals surface area contributed by atoms with Crippen LogP contribution in [0.2, 0.25) is 0 Å². The second-order valence-corrected chi connectivity index (χ2v) is 7.41. The molecule has 0 spiro atoms. The fourth-order valence-electron chi connectivity index (χ4n) is 2.98. The third kappa shape index (κ3) is 8.84. The Morgan fingerprint density at radius 1 is 1.03 bits per heavy atom. The van der Waals surface area contributed by atoms with Crippen molar-refractivity contribution in [2.24, 2.45) is 4.99 Å². The van der Waals surface area contributed by atoms with Crippen LogP contribution in [0.4, 0.5) is 0 Å². The van der Waals surface area contributed by atoms with Gasteiger partial charge in [0.1, 0.15) is 12.4 Å². The van der Waals surface area contributed by atoms with Crippen molar-refractivity contribution < 1.29 is 9.47 Å². The van der Waals surface area contributed by atoms with Gasteiger partial charge in [0.2, 0.25) is 0 Å². The minimum Gasteiger partial charge on any atom is -0.492 e. The molecule has 0 aliphatic carbocycles. The molecule has 0 fully saturated rings. The van der Waals surface area contributed by atoms with Gasteiger partial charge in [-0.1, -0.05) is 49.4 Å². The Kier molecular flexibility index (Phi) is 10.8. The number of nitrogens with one attached hydrogen (secondary N) is 2. The number of benzene rings is 2. The molecule has 30 heavy (non-hydrogen) atoms. The lowest BCUT2D eigenvalue weighted by Crippen LogP contribution is -2.38. The second-order valence-electron chi connectivity index (χ2n) is 7.41. The minimum absolute atomic E-state index is 0.406. The first-order valence-corrected chi connectivity index (χ1v) is 10.5. The molecule has 0 saturated heterocycles. The summed E-state index contributed by atoms with van der Waals surface area (Å²) in [5.74, 6) is 2.09. The zero-order valence-electron chi connectivity index (χ0n) is 18.7. The third-order valence-corrected chi connectivity index (χ3v) is 4.95. The van der Waals surface area contributed by atoms with E-state index in [9.17, 15) is 0 Å². The van der Waals surface area contributed by atoms with E-state index in [1.54, 1.807) is 14.2 Å². The lowest BCUT2D eigenvalue weighted by Gasteiger charge is -2.17. The predicted molar refractivity (Wildman–Crippen MR) is 124 cm³/mol. The Morgan fingerprint density at radius 2 is 1.80 bits per heavy atom. The monoisotopic (exact) mass is 412 g/mol. The first-order valence-electron chi connectivity index (χ1n) is 10.5. The summed E-state index contributed by atoms with van der Waals surface area (Å²) < 4.78 is 11.0. The van der Waals surface area contributed by atoms with Crippen LogP contribution >= 0.6 is 0 Å². The molecular formula is C24H36N4O2. The molecule has 0 bridgehead atoms. The molecule has 0 aliphatic heterocycles. The molecule has 2 aromatic rings. The maximum absolute atomic E-state index is 5.90. The van der Waals surface area contributed by atoms with Crippen molar-refractivity contribution in [3.05, 3.63) is 65.7 Å². The third-order valence-electron chi connectivity index (χ3n) is 4.95. The van der Waals surface area contributed by atoms with Crippen molar-refractivity contribution in [2.45, 2.75) is 19.4 Å². The summed E-state index contributed by atoms with van der Waals surface area (Å²) in [6.45, 7) is 6.87. The van der Waals surface area contributed by atoms with Crippen LogP contribution in [0.15, 0.2) is 59.6 Å². The van der Waals surface area contributed by atoms with Gasteiger partial charge in [-0.05, 0) is 36.2 Å². The fraction of sp³-hybridized carbons (Fsp3) is 0.458. The summed E-state index contributed by atoms with van der Waals surface area (Å²) in [5, 5.41) is 6.79. The van der Waals surface area contributed by atoms with Gasteiger partial charge in [0, 0.05) is 40.3 Å². The molecule has 2 rings (SSSR count). The van der Waals surface area contributed by atoms with Crippen LogP contribution in [0, 0.1) is 0 Å². The van der Waals surface area contributed by atoms with Crippen LogP contribution in [0.25, 0.3) is 0 Å². The molecule has 0 aliphatic rings. The van der Waals surface area contributed by atoms with Crippen LogP contribution in [0.5, 0.6) is 5.75 Å². The maximum atomic E-state index is 5.90. The van der Waals surface area contributed by atoms with Crippen molar-refractivity contribution in [3.63, 3.8) is 0 Å². The number of guanidine groups is 1. The Labute approximate surface area is 181 Å². The fourth-order valence-corrected chi connectivity index (χ4v) is 2.98. The van der Waals surface area contributed by atoms with Crippen LogP contribution in [-0.4, -0.2) is 64.9 Å². The van der Waals surface area contributed by atoms with E-state index < -0.39 is 0 Å². The molecule has 2 N–H and O–H groups in total. The summed E-state index contributed by atoms with van der Waals surface area (Å²) >= 11 is 0. The molecule has 1 atom stereocenters. The average molecular weight is 413 g/mol. The molecule has 0 saturated carbocycles. The minimum atomic E-state index is 0.406. The first-order chi connectivity index (χ1) is 14.6. The van der Waals surface area contributed by atoms with Crippen LogP contribution < -0.4 is 15.4 Å². The lowest BCUT2D eigenvalue weighted by atomic mass is 10.0. The number of hydrogen-bond donors (Lipinski definition) is 2. The van der Waals surface area contributed by atoms with E-state index in [4.69, 9.17) is 9.47 Å². The normalized spacial score (nSPS) is 12.6. The van der Waals surface area contributed by atoms with Gasteiger partial charge >= 0.3 is 0 Å². The van der Waals surface area contributed by atoms with Gasteiger partial charge in [-0.25, -0.2) is 0 Å². The molecule has 1 unspecified atom stereocenters. The van der Waals surface area contributed by atoms with Crippen molar-refractivity contribution in [1.82, 2.24) is 15.5 Å². The van der Waals surface area contributed by atoms with Crippen LogP contribution in [0.3, 0.4) is 0 Å². The molecule has 6 nitrogen and oxygen atoms in total. The van der Waals surface area contributed by atoms with E-state index in [1.165, 1.54) is 5.56 Å². The first kappa shape index (κ1) is 23.7. The van der Waals surface area contributed by atoms with Gasteiger partial charge < -0.3 is 25.0 Å². The zero-order valence-corrected chi connectivity index (χ0v) is 18.7. The molecule has 2 aromatic carbocycles. The summed E-state index contributed by atoms with van der Waals surface area (Å²) in [4.78, 5) is 6.53. The molecule has 0 amide bonds. The van der Waals surface area contributed by atoms with E-state index in [1.807, 2.05) is 18.2 Å². The number of hydrogen-bond acceptors (Lipinski definition) is 4. The number of rotatable bonds is 12. The number of methoxy groups -OCH3 is 1. The summed E-state index contributed by atoms with van der Waals surface area (Å²) in [6.07, 6.45) is 0. The zero-order chi connectivity index (χ0) is 21.6.